The van der Waals surface area contributed by atoms with E-state index in [0.717, 1.165) is 28.3 Å². The topological polar surface area (TPSA) is 43.8 Å². The highest BCUT2D eigenvalue weighted by atomic mass is 32.2. The molecule has 0 aromatic heterocycles. The number of hydrogen-bond donors (Lipinski definition) is 1. The number of aliphatic hydroxyl groups excluding tert-OH is 1. The highest BCUT2D eigenvalue weighted by Gasteiger charge is 2.37. The molecule has 2 aromatic rings. The van der Waals surface area contributed by atoms with Crippen LogP contribution in [0.15, 0.2) is 53.4 Å². The van der Waals surface area contributed by atoms with Crippen LogP contribution >= 0.6 is 11.8 Å². The predicted octanol–water partition coefficient (Wildman–Crippen LogP) is 3.10. The number of anilines is 1. The molecule has 1 amide bonds. The number of hydrogen-bond acceptors (Lipinski definition) is 4. The second-order valence-electron chi connectivity index (χ2n) is 6.65. The van der Waals surface area contributed by atoms with Gasteiger partial charge in [0.25, 0.3) is 5.91 Å². The molecule has 132 valence electrons. The van der Waals surface area contributed by atoms with E-state index in [-0.39, 0.29) is 11.2 Å². The van der Waals surface area contributed by atoms with Gasteiger partial charge in [0.05, 0.1) is 10.9 Å². The molecule has 1 heterocycles. The molecule has 0 aliphatic carbocycles. The fourth-order valence-electron chi connectivity index (χ4n) is 2.93. The summed E-state index contributed by atoms with van der Waals surface area (Å²) in [5.41, 5.74) is 3.02. The molecule has 1 N–H and O–H groups in total. The highest BCUT2D eigenvalue weighted by Crippen LogP contribution is 2.45. The van der Waals surface area contributed by atoms with Crippen LogP contribution in [0, 0.1) is 6.92 Å². The Morgan fingerprint density at radius 3 is 2.48 bits per heavy atom. The van der Waals surface area contributed by atoms with Gasteiger partial charge in [-0.1, -0.05) is 42.0 Å². The standard InChI is InChI=1S/C20H24N2O2S/c1-14-8-10-15(11-9-14)19-18(23)20(24)22(13-12-21(2)3)16-6-4-5-7-17(16)25-19/h4-11,18-19,23H,12-13H2,1-3H3. The number of rotatable bonds is 4. The summed E-state index contributed by atoms with van der Waals surface area (Å²) in [6, 6.07) is 15.9. The number of benzene rings is 2. The lowest BCUT2D eigenvalue weighted by Gasteiger charge is -2.26. The molecule has 0 spiro atoms. The van der Waals surface area contributed by atoms with Crippen LogP contribution in [-0.4, -0.2) is 49.2 Å². The maximum atomic E-state index is 13.0. The number of carbonyl (C=O) groups excluding carboxylic acids is 1. The highest BCUT2D eigenvalue weighted by molar-refractivity contribution is 7.99. The number of nitrogens with zero attached hydrogens (tertiary/aromatic N) is 2. The smallest absolute Gasteiger partial charge is 0.257 e. The molecule has 3 rings (SSSR count). The predicted molar refractivity (Wildman–Crippen MR) is 103 cm³/mol. The molecule has 0 bridgehead atoms. The van der Waals surface area contributed by atoms with Crippen molar-refractivity contribution in [3.05, 3.63) is 59.7 Å². The number of aliphatic hydroxyl groups is 1. The molecule has 1 aliphatic heterocycles. The van der Waals surface area contributed by atoms with Crippen LogP contribution in [0.25, 0.3) is 0 Å². The van der Waals surface area contributed by atoms with Crippen LogP contribution in [-0.2, 0) is 4.79 Å². The molecule has 25 heavy (non-hydrogen) atoms. The summed E-state index contributed by atoms with van der Waals surface area (Å²) in [4.78, 5) is 17.8. The largest absolute Gasteiger partial charge is 0.382 e. The van der Waals surface area contributed by atoms with E-state index in [9.17, 15) is 9.90 Å². The minimum atomic E-state index is -1.07. The third kappa shape index (κ3) is 3.89. The summed E-state index contributed by atoms with van der Waals surface area (Å²) in [6.45, 7) is 3.33. The molecule has 5 heteroatoms. The number of carbonyl (C=O) groups is 1. The first-order chi connectivity index (χ1) is 12.0. The maximum absolute atomic E-state index is 13.0. The summed E-state index contributed by atoms with van der Waals surface area (Å²) in [5, 5.41) is 10.5. The molecule has 0 fully saturated rings. The van der Waals surface area contributed by atoms with E-state index < -0.39 is 6.10 Å². The van der Waals surface area contributed by atoms with Gasteiger partial charge in [0.2, 0.25) is 0 Å². The van der Waals surface area contributed by atoms with Crippen molar-refractivity contribution in [2.75, 3.05) is 32.1 Å². The number of aryl methyl sites for hydroxylation is 1. The van der Waals surface area contributed by atoms with Gasteiger partial charge in [-0.25, -0.2) is 0 Å². The van der Waals surface area contributed by atoms with Crippen LogP contribution in [0.5, 0.6) is 0 Å². The van der Waals surface area contributed by atoms with Crippen molar-refractivity contribution in [2.24, 2.45) is 0 Å². The minimum absolute atomic E-state index is 0.232. The van der Waals surface area contributed by atoms with Gasteiger partial charge in [-0.2, -0.15) is 0 Å². The summed E-state index contributed by atoms with van der Waals surface area (Å²) < 4.78 is 0. The molecule has 2 aromatic carbocycles. The Morgan fingerprint density at radius 2 is 1.80 bits per heavy atom. The number of likely N-dealkylation sites (N-methyl/N-ethyl adjacent to an activating group) is 1. The quantitative estimate of drug-likeness (QED) is 0.914. The van der Waals surface area contributed by atoms with Crippen molar-refractivity contribution in [1.29, 1.82) is 0 Å². The Bertz CT molecular complexity index is 746. The van der Waals surface area contributed by atoms with Gasteiger partial charge in [-0.3, -0.25) is 4.79 Å². The van der Waals surface area contributed by atoms with Gasteiger partial charge in [0.1, 0.15) is 6.10 Å². The number of amides is 1. The fraction of sp³-hybridized carbons (Fsp3) is 0.350. The normalized spacial score (nSPS) is 20.5. The molecule has 0 saturated heterocycles. The third-order valence-electron chi connectivity index (χ3n) is 4.39. The van der Waals surface area contributed by atoms with Crippen molar-refractivity contribution in [3.63, 3.8) is 0 Å². The number of fused-ring (bicyclic) bond motifs is 1. The van der Waals surface area contributed by atoms with E-state index in [1.54, 1.807) is 16.7 Å². The molecule has 0 saturated carbocycles. The van der Waals surface area contributed by atoms with Crippen LogP contribution in [0.3, 0.4) is 0 Å². The summed E-state index contributed by atoms with van der Waals surface area (Å²) in [6.07, 6.45) is -1.07. The first-order valence-corrected chi connectivity index (χ1v) is 9.32. The first kappa shape index (κ1) is 18.0. The average molecular weight is 356 g/mol. The summed E-state index contributed by atoms with van der Waals surface area (Å²) in [5.74, 6) is -0.232. The van der Waals surface area contributed by atoms with Gasteiger partial charge in [-0.05, 0) is 38.7 Å². The van der Waals surface area contributed by atoms with Crippen LogP contribution < -0.4 is 4.90 Å². The van der Waals surface area contributed by atoms with E-state index in [4.69, 9.17) is 0 Å². The first-order valence-electron chi connectivity index (χ1n) is 8.44. The Labute approximate surface area is 153 Å². The second-order valence-corrected chi connectivity index (χ2v) is 7.84. The summed E-state index contributed by atoms with van der Waals surface area (Å²) in [7, 11) is 3.96. The van der Waals surface area contributed by atoms with E-state index in [0.29, 0.717) is 6.54 Å². The van der Waals surface area contributed by atoms with E-state index >= 15 is 0 Å². The molecule has 2 unspecified atom stereocenters. The van der Waals surface area contributed by atoms with Crippen molar-refractivity contribution in [2.45, 2.75) is 23.2 Å². The van der Waals surface area contributed by atoms with E-state index in [2.05, 4.69) is 0 Å². The minimum Gasteiger partial charge on any atom is -0.382 e. The second kappa shape index (κ2) is 7.60. The molecular weight excluding hydrogens is 332 g/mol. The van der Waals surface area contributed by atoms with Crippen LogP contribution in [0.2, 0.25) is 0 Å². The lowest BCUT2D eigenvalue weighted by atomic mass is 10.0. The number of thioether (sulfide) groups is 1. The molecule has 2 atom stereocenters. The van der Waals surface area contributed by atoms with E-state index in [1.165, 1.54) is 0 Å². The van der Waals surface area contributed by atoms with Crippen LogP contribution in [0.4, 0.5) is 5.69 Å². The van der Waals surface area contributed by atoms with Crippen LogP contribution in [0.1, 0.15) is 16.4 Å². The lowest BCUT2D eigenvalue weighted by molar-refractivity contribution is -0.126. The zero-order valence-electron chi connectivity index (χ0n) is 14.8. The van der Waals surface area contributed by atoms with Gasteiger partial charge >= 0.3 is 0 Å². The summed E-state index contributed by atoms with van der Waals surface area (Å²) >= 11 is 1.56. The van der Waals surface area contributed by atoms with Crippen molar-refractivity contribution in [3.8, 4) is 0 Å². The lowest BCUT2D eigenvalue weighted by Crippen LogP contribution is -2.43. The maximum Gasteiger partial charge on any atom is 0.257 e. The van der Waals surface area contributed by atoms with Gasteiger partial charge in [-0.15, -0.1) is 11.8 Å². The molecule has 0 radical (unpaired) electrons. The fourth-order valence-corrected chi connectivity index (χ4v) is 4.19. The SMILES string of the molecule is Cc1ccc(C2Sc3ccccc3N(CCN(C)C)C(=O)C2O)cc1. The zero-order chi connectivity index (χ0) is 18.0. The number of para-hydroxylation sites is 1. The van der Waals surface area contributed by atoms with E-state index in [1.807, 2.05) is 74.4 Å². The Hall–Kier alpha value is -1.82. The van der Waals surface area contributed by atoms with Crippen molar-refractivity contribution >= 4 is 23.4 Å². The zero-order valence-corrected chi connectivity index (χ0v) is 15.7. The Kier molecular flexibility index (Phi) is 5.47. The van der Waals surface area contributed by atoms with Crippen molar-refractivity contribution < 1.29 is 9.90 Å². The van der Waals surface area contributed by atoms with Gasteiger partial charge < -0.3 is 14.9 Å². The van der Waals surface area contributed by atoms with Gasteiger partial charge in [0.15, 0.2) is 0 Å². The molecule has 1 aliphatic rings. The molecule has 4 nitrogen and oxygen atoms in total. The van der Waals surface area contributed by atoms with Crippen molar-refractivity contribution in [1.82, 2.24) is 4.90 Å². The Balaban J connectivity index is 1.99. The Morgan fingerprint density at radius 1 is 1.12 bits per heavy atom. The monoisotopic (exact) mass is 356 g/mol. The molecular formula is C20H24N2O2S. The average Bonchev–Trinajstić information content (AvgIpc) is 2.70. The third-order valence-corrected chi connectivity index (χ3v) is 5.78. The van der Waals surface area contributed by atoms with Gasteiger partial charge in [0, 0.05) is 18.0 Å².